The number of carboxylic acid groups (broad SMARTS) is 1. The molecule has 0 aromatic heterocycles. The van der Waals surface area contributed by atoms with Gasteiger partial charge in [0.1, 0.15) is 18.4 Å². The number of hydrogen-bond acceptors (Lipinski definition) is 3. The third-order valence-electron chi connectivity index (χ3n) is 3.30. The summed E-state index contributed by atoms with van der Waals surface area (Å²) in [6.07, 6.45) is 1.04. The van der Waals surface area contributed by atoms with Crippen molar-refractivity contribution in [2.24, 2.45) is 0 Å². The molecule has 1 aromatic carbocycles. The lowest BCUT2D eigenvalue weighted by molar-refractivity contribution is -0.144. The first-order valence-electron chi connectivity index (χ1n) is 7.59. The molecule has 132 valence electrons. The molecule has 0 aliphatic carbocycles. The van der Waals surface area contributed by atoms with E-state index in [0.717, 1.165) is 4.90 Å². The standard InChI is InChI=1S/C16H22FN3O4/c1-3-4-13(15(23)20(2)10-14(21)22)19-16(24)18-9-11-5-7-12(17)8-6-11/h5-8,13H,3-4,9-10H2,1-2H3,(H,21,22)(H2,18,19,24). The van der Waals surface area contributed by atoms with Crippen molar-refractivity contribution in [1.82, 2.24) is 15.5 Å². The van der Waals surface area contributed by atoms with Crippen molar-refractivity contribution in [3.8, 4) is 0 Å². The number of urea groups is 1. The first-order chi connectivity index (χ1) is 11.3. The van der Waals surface area contributed by atoms with E-state index in [0.29, 0.717) is 18.4 Å². The van der Waals surface area contributed by atoms with Crippen LogP contribution in [0.2, 0.25) is 0 Å². The van der Waals surface area contributed by atoms with Gasteiger partial charge in [-0.2, -0.15) is 0 Å². The van der Waals surface area contributed by atoms with E-state index in [9.17, 15) is 18.8 Å². The second kappa shape index (κ2) is 9.49. The van der Waals surface area contributed by atoms with Gasteiger partial charge in [0.15, 0.2) is 0 Å². The van der Waals surface area contributed by atoms with Crippen molar-refractivity contribution in [2.75, 3.05) is 13.6 Å². The number of rotatable bonds is 8. The van der Waals surface area contributed by atoms with Crippen LogP contribution < -0.4 is 10.6 Å². The minimum absolute atomic E-state index is 0.185. The van der Waals surface area contributed by atoms with Gasteiger partial charge < -0.3 is 20.6 Å². The molecule has 0 fully saturated rings. The molecule has 0 spiro atoms. The van der Waals surface area contributed by atoms with Crippen LogP contribution in [0.1, 0.15) is 25.3 Å². The number of benzene rings is 1. The molecule has 0 aliphatic rings. The van der Waals surface area contributed by atoms with Gasteiger partial charge >= 0.3 is 12.0 Å². The van der Waals surface area contributed by atoms with E-state index < -0.39 is 30.5 Å². The Balaban J connectivity index is 2.56. The fourth-order valence-electron chi connectivity index (χ4n) is 2.09. The molecule has 24 heavy (non-hydrogen) atoms. The Bertz CT molecular complexity index is 577. The Kier molecular flexibility index (Phi) is 7.67. The van der Waals surface area contributed by atoms with Gasteiger partial charge in [-0.1, -0.05) is 25.5 Å². The van der Waals surface area contributed by atoms with Crippen LogP contribution in [0.25, 0.3) is 0 Å². The molecule has 0 radical (unpaired) electrons. The smallest absolute Gasteiger partial charge is 0.323 e. The normalized spacial score (nSPS) is 11.5. The Hall–Kier alpha value is -2.64. The number of amides is 3. The van der Waals surface area contributed by atoms with E-state index in [1.807, 2.05) is 6.92 Å². The van der Waals surface area contributed by atoms with Crippen molar-refractivity contribution < 1.29 is 23.9 Å². The SMILES string of the molecule is CCCC(NC(=O)NCc1ccc(F)cc1)C(=O)N(C)CC(=O)O. The summed E-state index contributed by atoms with van der Waals surface area (Å²) in [6.45, 7) is 1.61. The van der Waals surface area contributed by atoms with Crippen LogP contribution >= 0.6 is 0 Å². The molecule has 1 rings (SSSR count). The molecule has 3 N–H and O–H groups in total. The van der Waals surface area contributed by atoms with Crippen molar-refractivity contribution in [1.29, 1.82) is 0 Å². The van der Waals surface area contributed by atoms with Crippen LogP contribution in [0.15, 0.2) is 24.3 Å². The monoisotopic (exact) mass is 339 g/mol. The molecule has 7 nitrogen and oxygen atoms in total. The average Bonchev–Trinajstić information content (AvgIpc) is 2.52. The first-order valence-corrected chi connectivity index (χ1v) is 7.59. The molecule has 3 amide bonds. The number of nitrogens with zero attached hydrogens (tertiary/aromatic N) is 1. The van der Waals surface area contributed by atoms with E-state index in [4.69, 9.17) is 5.11 Å². The molecule has 0 heterocycles. The van der Waals surface area contributed by atoms with Gasteiger partial charge in [-0.05, 0) is 24.1 Å². The third kappa shape index (κ3) is 6.64. The van der Waals surface area contributed by atoms with Gasteiger partial charge in [-0.3, -0.25) is 9.59 Å². The summed E-state index contributed by atoms with van der Waals surface area (Å²) >= 11 is 0. The van der Waals surface area contributed by atoms with Crippen LogP contribution in [0.3, 0.4) is 0 Å². The van der Waals surface area contributed by atoms with Crippen molar-refractivity contribution in [3.63, 3.8) is 0 Å². The third-order valence-corrected chi connectivity index (χ3v) is 3.30. The molecule has 8 heteroatoms. The number of carbonyl (C=O) groups excluding carboxylic acids is 2. The zero-order valence-corrected chi connectivity index (χ0v) is 13.7. The highest BCUT2D eigenvalue weighted by Crippen LogP contribution is 2.03. The number of aliphatic carboxylic acids is 1. The molecule has 0 saturated heterocycles. The molecule has 0 bridgehead atoms. The fraction of sp³-hybridized carbons (Fsp3) is 0.438. The topological polar surface area (TPSA) is 98.7 Å². The zero-order valence-electron chi connectivity index (χ0n) is 13.7. The summed E-state index contributed by atoms with van der Waals surface area (Å²) in [4.78, 5) is 35.9. The second-order valence-corrected chi connectivity index (χ2v) is 5.38. The summed E-state index contributed by atoms with van der Waals surface area (Å²) < 4.78 is 12.8. The van der Waals surface area contributed by atoms with Gasteiger partial charge in [0.25, 0.3) is 0 Å². The number of carboxylic acids is 1. The van der Waals surface area contributed by atoms with E-state index in [-0.39, 0.29) is 12.4 Å². The maximum absolute atomic E-state index is 12.8. The Morgan fingerprint density at radius 2 is 1.88 bits per heavy atom. The molecule has 1 unspecified atom stereocenters. The van der Waals surface area contributed by atoms with Gasteiger partial charge in [0.2, 0.25) is 5.91 Å². The highest BCUT2D eigenvalue weighted by molar-refractivity contribution is 5.88. The number of nitrogens with one attached hydrogen (secondary N) is 2. The van der Waals surface area contributed by atoms with Crippen molar-refractivity contribution >= 4 is 17.9 Å². The lowest BCUT2D eigenvalue weighted by Gasteiger charge is -2.23. The average molecular weight is 339 g/mol. The number of likely N-dealkylation sites (N-methyl/N-ethyl adjacent to an activating group) is 1. The van der Waals surface area contributed by atoms with Crippen LogP contribution in [0, 0.1) is 5.82 Å². The van der Waals surface area contributed by atoms with Crippen LogP contribution in [-0.2, 0) is 16.1 Å². The molecular weight excluding hydrogens is 317 g/mol. The highest BCUT2D eigenvalue weighted by atomic mass is 19.1. The molecular formula is C16H22FN3O4. The van der Waals surface area contributed by atoms with Gasteiger partial charge in [-0.15, -0.1) is 0 Å². The maximum atomic E-state index is 12.8. The Morgan fingerprint density at radius 3 is 2.42 bits per heavy atom. The fourth-order valence-corrected chi connectivity index (χ4v) is 2.09. The predicted octanol–water partition coefficient (Wildman–Crippen LogP) is 1.34. The quantitative estimate of drug-likeness (QED) is 0.665. The summed E-state index contributed by atoms with van der Waals surface area (Å²) in [5.74, 6) is -1.95. The lowest BCUT2D eigenvalue weighted by Crippen LogP contribution is -2.51. The molecule has 1 aromatic rings. The Morgan fingerprint density at radius 1 is 1.25 bits per heavy atom. The summed E-state index contributed by atoms with van der Waals surface area (Å²) in [6, 6.07) is 4.33. The van der Waals surface area contributed by atoms with E-state index in [1.54, 1.807) is 12.1 Å². The van der Waals surface area contributed by atoms with E-state index >= 15 is 0 Å². The minimum atomic E-state index is -1.12. The summed E-state index contributed by atoms with van der Waals surface area (Å²) in [5.41, 5.74) is 0.716. The van der Waals surface area contributed by atoms with Gasteiger partial charge in [0, 0.05) is 13.6 Å². The van der Waals surface area contributed by atoms with Crippen LogP contribution in [0.5, 0.6) is 0 Å². The van der Waals surface area contributed by atoms with E-state index in [2.05, 4.69) is 10.6 Å². The van der Waals surface area contributed by atoms with Crippen molar-refractivity contribution in [3.05, 3.63) is 35.6 Å². The Labute approximate surface area is 139 Å². The molecule has 0 saturated carbocycles. The number of halogens is 1. The highest BCUT2D eigenvalue weighted by Gasteiger charge is 2.24. The van der Waals surface area contributed by atoms with Gasteiger partial charge in [-0.25, -0.2) is 9.18 Å². The number of carbonyl (C=O) groups is 3. The summed E-state index contributed by atoms with van der Waals surface area (Å²) in [5, 5.41) is 13.9. The maximum Gasteiger partial charge on any atom is 0.323 e. The zero-order chi connectivity index (χ0) is 18.1. The molecule has 0 aliphatic heterocycles. The summed E-state index contributed by atoms with van der Waals surface area (Å²) in [7, 11) is 1.37. The second-order valence-electron chi connectivity index (χ2n) is 5.38. The van der Waals surface area contributed by atoms with E-state index in [1.165, 1.54) is 19.2 Å². The van der Waals surface area contributed by atoms with Crippen LogP contribution in [-0.4, -0.2) is 47.5 Å². The predicted molar refractivity (Wildman–Crippen MR) is 85.7 cm³/mol. The molecule has 1 atom stereocenters. The van der Waals surface area contributed by atoms with Gasteiger partial charge in [0.05, 0.1) is 0 Å². The minimum Gasteiger partial charge on any atom is -0.480 e. The lowest BCUT2D eigenvalue weighted by atomic mass is 10.1. The van der Waals surface area contributed by atoms with Crippen molar-refractivity contribution in [2.45, 2.75) is 32.4 Å². The largest absolute Gasteiger partial charge is 0.480 e. The first kappa shape index (κ1) is 19.4. The van der Waals surface area contributed by atoms with Crippen LogP contribution in [0.4, 0.5) is 9.18 Å². The number of hydrogen-bond donors (Lipinski definition) is 3.